The van der Waals surface area contributed by atoms with Crippen molar-refractivity contribution in [3.8, 4) is 0 Å². The topological polar surface area (TPSA) is 92.3 Å². The number of hydrogen-bond donors (Lipinski definition) is 2. The summed E-state index contributed by atoms with van der Waals surface area (Å²) in [6.07, 6.45) is 0. The average molecular weight is 352 g/mol. The van der Waals surface area contributed by atoms with Crippen molar-refractivity contribution in [2.24, 2.45) is 11.8 Å². The summed E-state index contributed by atoms with van der Waals surface area (Å²) >= 11 is 0. The number of benzene rings is 2. The van der Waals surface area contributed by atoms with E-state index in [4.69, 9.17) is 0 Å². The van der Waals surface area contributed by atoms with Gasteiger partial charge in [0.25, 0.3) is 0 Å². The number of Topliss-reactive ketones (excluding diaryl/α,β-unsaturated/α-hetero) is 2. The van der Waals surface area contributed by atoms with Crippen molar-refractivity contribution in [1.29, 1.82) is 0 Å². The van der Waals surface area contributed by atoms with Crippen LogP contribution in [0, 0.1) is 11.8 Å². The SMILES string of the molecule is CC(=O)C(C(=O)Nc1ccccc1)C(C(C)=O)C(=O)Nc1ccccc1. The number of anilines is 2. The fourth-order valence-electron chi connectivity index (χ4n) is 2.62. The Hall–Kier alpha value is -3.28. The lowest BCUT2D eigenvalue weighted by Gasteiger charge is -2.22. The van der Waals surface area contributed by atoms with Gasteiger partial charge in [-0.3, -0.25) is 19.2 Å². The number of rotatable bonds is 7. The molecule has 0 fully saturated rings. The predicted octanol–water partition coefficient (Wildman–Crippen LogP) is 2.67. The van der Waals surface area contributed by atoms with Crippen LogP contribution in [-0.4, -0.2) is 23.4 Å². The Morgan fingerprint density at radius 1 is 0.615 bits per heavy atom. The average Bonchev–Trinajstić information content (AvgIpc) is 2.60. The number of nitrogens with one attached hydrogen (secondary N) is 2. The minimum absolute atomic E-state index is 0.481. The summed E-state index contributed by atoms with van der Waals surface area (Å²) in [6, 6.07) is 17.1. The summed E-state index contributed by atoms with van der Waals surface area (Å²) in [7, 11) is 0. The molecule has 0 saturated carbocycles. The lowest BCUT2D eigenvalue weighted by Crippen LogP contribution is -2.43. The molecule has 0 aliphatic heterocycles. The van der Waals surface area contributed by atoms with E-state index in [0.717, 1.165) is 0 Å². The van der Waals surface area contributed by atoms with Gasteiger partial charge in [0, 0.05) is 11.4 Å². The second kappa shape index (κ2) is 8.71. The molecule has 0 spiro atoms. The van der Waals surface area contributed by atoms with Crippen LogP contribution in [-0.2, 0) is 19.2 Å². The van der Waals surface area contributed by atoms with E-state index in [-0.39, 0.29) is 0 Å². The number of para-hydroxylation sites is 2. The molecular weight excluding hydrogens is 332 g/mol. The van der Waals surface area contributed by atoms with Crippen molar-refractivity contribution in [2.45, 2.75) is 13.8 Å². The van der Waals surface area contributed by atoms with Crippen LogP contribution in [0.25, 0.3) is 0 Å². The summed E-state index contributed by atoms with van der Waals surface area (Å²) in [5.74, 6) is -5.30. The first kappa shape index (κ1) is 19.1. The molecule has 26 heavy (non-hydrogen) atoms. The summed E-state index contributed by atoms with van der Waals surface area (Å²) in [6.45, 7) is 2.39. The highest BCUT2D eigenvalue weighted by Gasteiger charge is 2.40. The van der Waals surface area contributed by atoms with Crippen LogP contribution in [0.4, 0.5) is 11.4 Å². The molecule has 2 unspecified atom stereocenters. The Morgan fingerprint density at radius 2 is 0.923 bits per heavy atom. The van der Waals surface area contributed by atoms with Gasteiger partial charge in [0.05, 0.1) is 0 Å². The molecule has 2 aromatic rings. The first-order valence-electron chi connectivity index (χ1n) is 8.13. The van der Waals surface area contributed by atoms with Gasteiger partial charge in [0.1, 0.15) is 23.4 Å². The fraction of sp³-hybridized carbons (Fsp3) is 0.200. The Balaban J connectivity index is 2.25. The third-order valence-electron chi connectivity index (χ3n) is 3.86. The number of carbonyl (C=O) groups excluding carboxylic acids is 4. The Kier molecular flexibility index (Phi) is 6.38. The zero-order valence-corrected chi connectivity index (χ0v) is 14.6. The molecule has 6 heteroatoms. The number of carbonyl (C=O) groups is 4. The highest BCUT2D eigenvalue weighted by molar-refractivity contribution is 6.17. The number of amides is 2. The zero-order chi connectivity index (χ0) is 19.1. The summed E-state index contributed by atoms with van der Waals surface area (Å²) < 4.78 is 0. The van der Waals surface area contributed by atoms with Crippen molar-refractivity contribution >= 4 is 34.8 Å². The van der Waals surface area contributed by atoms with E-state index in [9.17, 15) is 19.2 Å². The van der Waals surface area contributed by atoms with Crippen molar-refractivity contribution in [3.05, 3.63) is 60.7 Å². The summed E-state index contributed by atoms with van der Waals surface area (Å²) in [4.78, 5) is 49.4. The molecule has 0 saturated heterocycles. The molecule has 0 aromatic heterocycles. The molecule has 2 aromatic carbocycles. The lowest BCUT2D eigenvalue weighted by molar-refractivity contribution is -0.143. The third kappa shape index (κ3) is 4.86. The molecule has 2 rings (SSSR count). The van der Waals surface area contributed by atoms with Crippen LogP contribution in [0.15, 0.2) is 60.7 Å². The summed E-state index contributed by atoms with van der Waals surface area (Å²) in [5, 5.41) is 5.17. The van der Waals surface area contributed by atoms with Crippen LogP contribution in [0.5, 0.6) is 0 Å². The van der Waals surface area contributed by atoms with Gasteiger partial charge < -0.3 is 10.6 Å². The van der Waals surface area contributed by atoms with E-state index < -0.39 is 35.2 Å². The molecule has 0 aliphatic carbocycles. The van der Waals surface area contributed by atoms with Gasteiger partial charge in [-0.15, -0.1) is 0 Å². The number of ketones is 2. The highest BCUT2D eigenvalue weighted by atomic mass is 16.2. The molecular formula is C20H20N2O4. The molecule has 0 aliphatic rings. The number of hydrogen-bond acceptors (Lipinski definition) is 4. The van der Waals surface area contributed by atoms with Crippen molar-refractivity contribution in [1.82, 2.24) is 0 Å². The molecule has 2 amide bonds. The maximum Gasteiger partial charge on any atom is 0.236 e. The fourth-order valence-corrected chi connectivity index (χ4v) is 2.62. The van der Waals surface area contributed by atoms with Gasteiger partial charge in [-0.1, -0.05) is 36.4 Å². The minimum atomic E-state index is -1.41. The lowest BCUT2D eigenvalue weighted by atomic mass is 9.84. The Bertz CT molecular complexity index is 734. The largest absolute Gasteiger partial charge is 0.325 e. The van der Waals surface area contributed by atoms with E-state index in [1.54, 1.807) is 60.7 Å². The van der Waals surface area contributed by atoms with Crippen molar-refractivity contribution in [3.63, 3.8) is 0 Å². The molecule has 2 N–H and O–H groups in total. The van der Waals surface area contributed by atoms with Gasteiger partial charge in [-0.05, 0) is 38.1 Å². The maximum atomic E-state index is 12.6. The first-order valence-corrected chi connectivity index (χ1v) is 8.13. The third-order valence-corrected chi connectivity index (χ3v) is 3.86. The Labute approximate surface area is 151 Å². The van der Waals surface area contributed by atoms with Crippen LogP contribution in [0.1, 0.15) is 13.8 Å². The molecule has 0 heterocycles. The van der Waals surface area contributed by atoms with E-state index in [1.165, 1.54) is 13.8 Å². The molecule has 2 atom stereocenters. The van der Waals surface area contributed by atoms with Crippen LogP contribution in [0.3, 0.4) is 0 Å². The summed E-state index contributed by atoms with van der Waals surface area (Å²) in [5.41, 5.74) is 0.962. The normalized spacial score (nSPS) is 12.5. The van der Waals surface area contributed by atoms with Crippen LogP contribution in [0.2, 0.25) is 0 Å². The predicted molar refractivity (Wildman–Crippen MR) is 98.5 cm³/mol. The van der Waals surface area contributed by atoms with E-state index in [1.807, 2.05) is 0 Å². The van der Waals surface area contributed by atoms with E-state index in [0.29, 0.717) is 11.4 Å². The minimum Gasteiger partial charge on any atom is -0.325 e. The quantitative estimate of drug-likeness (QED) is 0.749. The molecule has 0 radical (unpaired) electrons. The highest BCUT2D eigenvalue weighted by Crippen LogP contribution is 2.20. The smallest absolute Gasteiger partial charge is 0.236 e. The second-order valence-electron chi connectivity index (χ2n) is 5.89. The standard InChI is InChI=1S/C20H20N2O4/c1-13(23)17(19(25)21-15-9-5-3-6-10-15)18(14(2)24)20(26)22-16-11-7-4-8-12-16/h3-12,17-18H,1-2H3,(H,21,25)(H,22,26). The van der Waals surface area contributed by atoms with E-state index in [2.05, 4.69) is 10.6 Å². The molecule has 0 bridgehead atoms. The molecule has 6 nitrogen and oxygen atoms in total. The second-order valence-corrected chi connectivity index (χ2v) is 5.89. The van der Waals surface area contributed by atoms with Crippen molar-refractivity contribution in [2.75, 3.05) is 10.6 Å². The van der Waals surface area contributed by atoms with Crippen LogP contribution >= 0.6 is 0 Å². The van der Waals surface area contributed by atoms with Gasteiger partial charge >= 0.3 is 0 Å². The Morgan fingerprint density at radius 3 is 1.19 bits per heavy atom. The zero-order valence-electron chi connectivity index (χ0n) is 14.6. The van der Waals surface area contributed by atoms with Crippen molar-refractivity contribution < 1.29 is 19.2 Å². The monoisotopic (exact) mass is 352 g/mol. The first-order chi connectivity index (χ1) is 12.4. The van der Waals surface area contributed by atoms with E-state index >= 15 is 0 Å². The molecule has 134 valence electrons. The van der Waals surface area contributed by atoms with Gasteiger partial charge in [-0.25, -0.2) is 0 Å². The van der Waals surface area contributed by atoms with Gasteiger partial charge in [0.15, 0.2) is 0 Å². The van der Waals surface area contributed by atoms with Gasteiger partial charge in [0.2, 0.25) is 11.8 Å². The van der Waals surface area contributed by atoms with Crippen LogP contribution < -0.4 is 10.6 Å². The maximum absolute atomic E-state index is 12.6. The van der Waals surface area contributed by atoms with Gasteiger partial charge in [-0.2, -0.15) is 0 Å².